The van der Waals surface area contributed by atoms with Crippen LogP contribution in [0.25, 0.3) is 0 Å². The van der Waals surface area contributed by atoms with E-state index in [1.807, 2.05) is 6.08 Å². The van der Waals surface area contributed by atoms with Crippen molar-refractivity contribution < 1.29 is 19.8 Å². The third-order valence-electron chi connectivity index (χ3n) is 3.24. The van der Waals surface area contributed by atoms with E-state index in [0.29, 0.717) is 6.42 Å². The number of aliphatic carboxylic acids is 2. The van der Waals surface area contributed by atoms with E-state index in [9.17, 15) is 9.59 Å². The summed E-state index contributed by atoms with van der Waals surface area (Å²) < 4.78 is 0. The van der Waals surface area contributed by atoms with Crippen molar-refractivity contribution in [2.24, 2.45) is 5.92 Å². The molecule has 1 unspecified atom stereocenters. The van der Waals surface area contributed by atoms with E-state index in [1.165, 1.54) is 12.8 Å². The molecule has 0 fully saturated rings. The fraction of sp³-hybridized carbons (Fsp3) is 0.647. The second-order valence-corrected chi connectivity index (χ2v) is 5.24. The molecule has 0 radical (unpaired) electrons. The second kappa shape index (κ2) is 13.4. The number of rotatable bonds is 13. The second-order valence-electron chi connectivity index (χ2n) is 5.24. The molecule has 0 aromatic carbocycles. The summed E-state index contributed by atoms with van der Waals surface area (Å²) >= 11 is 0. The molecule has 0 aliphatic rings. The average molecular weight is 296 g/mol. The zero-order chi connectivity index (χ0) is 15.9. The van der Waals surface area contributed by atoms with Crippen molar-refractivity contribution in [1.29, 1.82) is 0 Å². The van der Waals surface area contributed by atoms with Crippen molar-refractivity contribution >= 4 is 11.9 Å². The van der Waals surface area contributed by atoms with Crippen LogP contribution in [0.1, 0.15) is 64.7 Å². The first kappa shape index (κ1) is 19.4. The van der Waals surface area contributed by atoms with Crippen LogP contribution in [0.3, 0.4) is 0 Å². The van der Waals surface area contributed by atoms with Gasteiger partial charge in [0.25, 0.3) is 0 Å². The van der Waals surface area contributed by atoms with Crippen LogP contribution < -0.4 is 0 Å². The maximum atomic E-state index is 10.8. The molecule has 0 bridgehead atoms. The lowest BCUT2D eigenvalue weighted by atomic mass is 10.0. The summed E-state index contributed by atoms with van der Waals surface area (Å²) in [5.41, 5.74) is 0. The molecule has 0 saturated heterocycles. The van der Waals surface area contributed by atoms with Gasteiger partial charge in [-0.15, -0.1) is 0 Å². The summed E-state index contributed by atoms with van der Waals surface area (Å²) in [5.74, 6) is -2.93. The van der Waals surface area contributed by atoms with Crippen molar-refractivity contribution in [2.75, 3.05) is 0 Å². The van der Waals surface area contributed by atoms with E-state index in [4.69, 9.17) is 10.2 Å². The van der Waals surface area contributed by atoms with Gasteiger partial charge in [0.2, 0.25) is 0 Å². The van der Waals surface area contributed by atoms with Gasteiger partial charge in [0.1, 0.15) is 0 Å². The summed E-state index contributed by atoms with van der Waals surface area (Å²) in [6.45, 7) is 2.19. The minimum Gasteiger partial charge on any atom is -0.481 e. The molecule has 21 heavy (non-hydrogen) atoms. The number of allylic oxidation sites excluding steroid dienone is 4. The lowest BCUT2D eigenvalue weighted by Gasteiger charge is -2.05. The number of hydrogen-bond acceptors (Lipinski definition) is 2. The van der Waals surface area contributed by atoms with Gasteiger partial charge >= 0.3 is 11.9 Å². The molecular weight excluding hydrogens is 268 g/mol. The summed E-state index contributed by atoms with van der Waals surface area (Å²) in [4.78, 5) is 21.4. The molecule has 0 amide bonds. The van der Waals surface area contributed by atoms with Crippen LogP contribution in [0.15, 0.2) is 24.3 Å². The maximum Gasteiger partial charge on any atom is 0.307 e. The van der Waals surface area contributed by atoms with E-state index in [2.05, 4.69) is 19.1 Å². The fourth-order valence-corrected chi connectivity index (χ4v) is 1.94. The molecule has 0 aliphatic heterocycles. The Labute approximate surface area is 127 Å². The van der Waals surface area contributed by atoms with Gasteiger partial charge in [-0.2, -0.15) is 0 Å². The van der Waals surface area contributed by atoms with Crippen LogP contribution in [0, 0.1) is 5.92 Å². The van der Waals surface area contributed by atoms with Crippen LogP contribution in [-0.2, 0) is 9.59 Å². The zero-order valence-corrected chi connectivity index (χ0v) is 13.0. The first-order valence-corrected chi connectivity index (χ1v) is 7.82. The molecule has 0 heterocycles. The molecule has 4 heteroatoms. The molecule has 4 nitrogen and oxygen atoms in total. The molecule has 0 aromatic heterocycles. The molecule has 2 N–H and O–H groups in total. The Bertz CT molecular complexity index is 345. The van der Waals surface area contributed by atoms with E-state index in [1.54, 1.807) is 6.08 Å². The Kier molecular flexibility index (Phi) is 12.4. The smallest absolute Gasteiger partial charge is 0.307 e. The van der Waals surface area contributed by atoms with Gasteiger partial charge in [-0.3, -0.25) is 9.59 Å². The Hall–Kier alpha value is -1.58. The topological polar surface area (TPSA) is 74.6 Å². The summed E-state index contributed by atoms with van der Waals surface area (Å²) in [6.07, 6.45) is 16.0. The molecular formula is C17H28O4. The minimum absolute atomic E-state index is 0.290. The van der Waals surface area contributed by atoms with Crippen LogP contribution in [0.2, 0.25) is 0 Å². The fourth-order valence-electron chi connectivity index (χ4n) is 1.94. The third kappa shape index (κ3) is 13.2. The van der Waals surface area contributed by atoms with E-state index in [0.717, 1.165) is 32.1 Å². The lowest BCUT2D eigenvalue weighted by Crippen LogP contribution is -2.16. The quantitative estimate of drug-likeness (QED) is 0.390. The molecule has 0 aliphatic carbocycles. The molecule has 0 aromatic rings. The van der Waals surface area contributed by atoms with Gasteiger partial charge in [0.15, 0.2) is 0 Å². The molecule has 0 spiro atoms. The predicted molar refractivity (Wildman–Crippen MR) is 84.3 cm³/mol. The van der Waals surface area contributed by atoms with E-state index in [-0.39, 0.29) is 6.42 Å². The number of carbonyl (C=O) groups is 2. The first-order valence-electron chi connectivity index (χ1n) is 7.82. The first-order chi connectivity index (χ1) is 10.1. The number of hydrogen-bond donors (Lipinski definition) is 2. The van der Waals surface area contributed by atoms with Crippen molar-refractivity contribution in [1.82, 2.24) is 0 Å². The van der Waals surface area contributed by atoms with Gasteiger partial charge in [-0.1, -0.05) is 44.1 Å². The van der Waals surface area contributed by atoms with Crippen LogP contribution in [0.4, 0.5) is 0 Å². The minimum atomic E-state index is -1.06. The maximum absolute atomic E-state index is 10.8. The average Bonchev–Trinajstić information content (AvgIpc) is 2.42. The Morgan fingerprint density at radius 2 is 1.43 bits per heavy atom. The SMILES string of the molecule is CCCC/C=C/CCCC/C=C/CC(CC(=O)O)C(=O)O. The lowest BCUT2D eigenvalue weighted by molar-refractivity contribution is -0.148. The molecule has 120 valence electrons. The predicted octanol–water partition coefficient (Wildman–Crippen LogP) is 4.42. The largest absolute Gasteiger partial charge is 0.481 e. The van der Waals surface area contributed by atoms with Gasteiger partial charge in [-0.05, 0) is 38.5 Å². The van der Waals surface area contributed by atoms with Crippen molar-refractivity contribution in [3.63, 3.8) is 0 Å². The Morgan fingerprint density at radius 3 is 1.90 bits per heavy atom. The third-order valence-corrected chi connectivity index (χ3v) is 3.24. The highest BCUT2D eigenvalue weighted by atomic mass is 16.4. The monoisotopic (exact) mass is 296 g/mol. The van der Waals surface area contributed by atoms with Crippen LogP contribution >= 0.6 is 0 Å². The van der Waals surface area contributed by atoms with Gasteiger partial charge in [0.05, 0.1) is 12.3 Å². The molecule has 0 saturated carbocycles. The number of carboxylic acids is 2. The standard InChI is InChI=1S/C17H28O4/c1-2-3-4-5-6-7-8-9-10-11-12-13-15(17(20)21)14-16(18)19/h5-6,11-12,15H,2-4,7-10,13-14H2,1H3,(H,18,19)(H,20,21)/b6-5+,12-11+. The number of carboxylic acid groups (broad SMARTS) is 2. The van der Waals surface area contributed by atoms with Crippen molar-refractivity contribution in [3.05, 3.63) is 24.3 Å². The van der Waals surface area contributed by atoms with Gasteiger partial charge in [0, 0.05) is 0 Å². The Morgan fingerprint density at radius 1 is 0.905 bits per heavy atom. The van der Waals surface area contributed by atoms with Gasteiger partial charge < -0.3 is 10.2 Å². The summed E-state index contributed by atoms with van der Waals surface area (Å²) in [5, 5.41) is 17.5. The van der Waals surface area contributed by atoms with Crippen molar-refractivity contribution in [2.45, 2.75) is 64.7 Å². The Balaban J connectivity index is 3.64. The number of unbranched alkanes of at least 4 members (excludes halogenated alkanes) is 5. The summed E-state index contributed by atoms with van der Waals surface area (Å²) in [7, 11) is 0. The highest BCUT2D eigenvalue weighted by Crippen LogP contribution is 2.11. The van der Waals surface area contributed by atoms with E-state index < -0.39 is 17.9 Å². The highest BCUT2D eigenvalue weighted by molar-refractivity contribution is 5.77. The highest BCUT2D eigenvalue weighted by Gasteiger charge is 2.18. The normalized spacial score (nSPS) is 13.0. The van der Waals surface area contributed by atoms with Crippen LogP contribution in [0.5, 0.6) is 0 Å². The van der Waals surface area contributed by atoms with E-state index >= 15 is 0 Å². The van der Waals surface area contributed by atoms with Crippen molar-refractivity contribution in [3.8, 4) is 0 Å². The molecule has 0 rings (SSSR count). The molecule has 1 atom stereocenters. The van der Waals surface area contributed by atoms with Crippen LogP contribution in [-0.4, -0.2) is 22.2 Å². The zero-order valence-electron chi connectivity index (χ0n) is 13.0. The van der Waals surface area contributed by atoms with Gasteiger partial charge in [-0.25, -0.2) is 0 Å². The summed E-state index contributed by atoms with van der Waals surface area (Å²) in [6, 6.07) is 0.